The number of pyridine rings is 1. The van der Waals surface area contributed by atoms with Crippen LogP contribution in [-0.2, 0) is 20.7 Å². The minimum absolute atomic E-state index is 0.0642. The van der Waals surface area contributed by atoms with Crippen LogP contribution in [0.3, 0.4) is 0 Å². The Morgan fingerprint density at radius 2 is 1.88 bits per heavy atom. The molecule has 1 aromatic carbocycles. The van der Waals surface area contributed by atoms with E-state index >= 15 is 0 Å². The van der Waals surface area contributed by atoms with Gasteiger partial charge in [0.25, 0.3) is 10.1 Å². The van der Waals surface area contributed by atoms with Crippen molar-refractivity contribution in [1.29, 1.82) is 0 Å². The van der Waals surface area contributed by atoms with E-state index in [1.54, 1.807) is 36.7 Å². The maximum absolute atomic E-state index is 12.2. The Kier molecular flexibility index (Phi) is 5.27. The van der Waals surface area contributed by atoms with Crippen molar-refractivity contribution in [3.05, 3.63) is 64.9 Å². The van der Waals surface area contributed by atoms with E-state index in [-0.39, 0.29) is 11.5 Å². The Bertz CT molecular complexity index is 964. The highest BCUT2D eigenvalue weighted by Gasteiger charge is 2.15. The molecule has 0 unspecified atom stereocenters. The fourth-order valence-corrected chi connectivity index (χ4v) is 4.14. The average Bonchev–Trinajstić information content (AvgIpc) is 3.04. The van der Waals surface area contributed by atoms with E-state index in [0.717, 1.165) is 27.4 Å². The lowest BCUT2D eigenvalue weighted by atomic mass is 10.2. The molecule has 0 amide bonds. The van der Waals surface area contributed by atoms with Gasteiger partial charge in [0.05, 0.1) is 17.2 Å². The molecule has 0 bridgehead atoms. The molecule has 0 aliphatic rings. The lowest BCUT2D eigenvalue weighted by Gasteiger charge is -2.05. The van der Waals surface area contributed by atoms with Crippen LogP contribution in [0.4, 0.5) is 0 Å². The molecule has 3 aromatic rings. The van der Waals surface area contributed by atoms with Crippen LogP contribution in [0.25, 0.3) is 10.6 Å². The van der Waals surface area contributed by atoms with Crippen molar-refractivity contribution in [1.82, 2.24) is 9.97 Å². The van der Waals surface area contributed by atoms with Crippen molar-refractivity contribution in [3.63, 3.8) is 0 Å². The quantitative estimate of drug-likeness (QED) is 0.614. The monoisotopic (exact) mass is 374 g/mol. The van der Waals surface area contributed by atoms with Crippen molar-refractivity contribution in [2.75, 3.05) is 6.61 Å². The van der Waals surface area contributed by atoms with Crippen LogP contribution < -0.4 is 0 Å². The van der Waals surface area contributed by atoms with Gasteiger partial charge in [0.1, 0.15) is 5.01 Å². The molecular formula is C18H18N2O3S2. The van der Waals surface area contributed by atoms with Gasteiger partial charge in [-0.15, -0.1) is 11.3 Å². The summed E-state index contributed by atoms with van der Waals surface area (Å²) in [6.07, 6.45) is 3.97. The molecule has 7 heteroatoms. The summed E-state index contributed by atoms with van der Waals surface area (Å²) >= 11 is 1.53. The second-order valence-corrected chi connectivity index (χ2v) is 8.15. The summed E-state index contributed by atoms with van der Waals surface area (Å²) in [6, 6.07) is 8.53. The SMILES string of the molecule is Cc1ccc(S(=O)(=O)OCCc2csc(-c3ccncc3C)n2)cc1. The topological polar surface area (TPSA) is 69.2 Å². The van der Waals surface area contributed by atoms with Gasteiger partial charge < -0.3 is 0 Å². The molecule has 0 N–H and O–H groups in total. The molecule has 0 atom stereocenters. The van der Waals surface area contributed by atoms with Gasteiger partial charge in [-0.2, -0.15) is 8.42 Å². The first-order valence-corrected chi connectivity index (χ1v) is 10.1. The Labute approximate surface area is 151 Å². The normalized spacial score (nSPS) is 11.6. The minimum atomic E-state index is -3.73. The Hall–Kier alpha value is -2.09. The lowest BCUT2D eigenvalue weighted by Crippen LogP contribution is -2.09. The van der Waals surface area contributed by atoms with E-state index in [4.69, 9.17) is 4.18 Å². The van der Waals surface area contributed by atoms with E-state index in [0.29, 0.717) is 6.42 Å². The molecule has 0 aliphatic carbocycles. The van der Waals surface area contributed by atoms with Crippen LogP contribution in [0, 0.1) is 13.8 Å². The summed E-state index contributed by atoms with van der Waals surface area (Å²) < 4.78 is 29.4. The zero-order valence-electron chi connectivity index (χ0n) is 14.0. The Morgan fingerprint density at radius 1 is 1.12 bits per heavy atom. The van der Waals surface area contributed by atoms with Crippen molar-refractivity contribution in [2.24, 2.45) is 0 Å². The predicted octanol–water partition coefficient (Wildman–Crippen LogP) is 3.77. The molecule has 3 rings (SSSR count). The Morgan fingerprint density at radius 3 is 2.60 bits per heavy atom. The molecule has 5 nitrogen and oxygen atoms in total. The van der Waals surface area contributed by atoms with Crippen molar-refractivity contribution in [2.45, 2.75) is 25.2 Å². The number of aromatic nitrogens is 2. The number of nitrogens with zero attached hydrogens (tertiary/aromatic N) is 2. The summed E-state index contributed by atoms with van der Waals surface area (Å²) in [4.78, 5) is 8.81. The molecular weight excluding hydrogens is 356 g/mol. The summed E-state index contributed by atoms with van der Waals surface area (Å²) in [7, 11) is -3.73. The van der Waals surface area contributed by atoms with E-state index < -0.39 is 10.1 Å². The molecule has 25 heavy (non-hydrogen) atoms. The van der Waals surface area contributed by atoms with Crippen molar-refractivity contribution in [3.8, 4) is 10.6 Å². The largest absolute Gasteiger partial charge is 0.296 e. The average molecular weight is 374 g/mol. The summed E-state index contributed by atoms with van der Waals surface area (Å²) in [5, 5.41) is 2.83. The van der Waals surface area contributed by atoms with E-state index in [1.807, 2.05) is 25.3 Å². The summed E-state index contributed by atoms with van der Waals surface area (Å²) in [5.41, 5.74) is 3.91. The van der Waals surface area contributed by atoms with Gasteiger partial charge in [-0.05, 0) is 37.6 Å². The van der Waals surface area contributed by atoms with Gasteiger partial charge >= 0.3 is 0 Å². The number of thiazole rings is 1. The van der Waals surface area contributed by atoms with E-state index in [1.165, 1.54) is 11.3 Å². The number of rotatable bonds is 6. The zero-order valence-corrected chi connectivity index (χ0v) is 15.6. The van der Waals surface area contributed by atoms with Crippen LogP contribution in [0.5, 0.6) is 0 Å². The lowest BCUT2D eigenvalue weighted by molar-refractivity contribution is 0.321. The maximum Gasteiger partial charge on any atom is 0.296 e. The maximum atomic E-state index is 12.2. The third-order valence-corrected chi connectivity index (χ3v) is 5.96. The first kappa shape index (κ1) is 17.7. The minimum Gasteiger partial charge on any atom is -0.266 e. The number of hydrogen-bond acceptors (Lipinski definition) is 6. The van der Waals surface area contributed by atoms with E-state index in [9.17, 15) is 8.42 Å². The third-order valence-electron chi connectivity index (χ3n) is 3.71. The Balaban J connectivity index is 1.63. The molecule has 0 saturated carbocycles. The standard InChI is InChI=1S/C18H18N2O3S2/c1-13-3-5-16(6-4-13)25(21,22)23-10-8-15-12-24-18(20-15)17-7-9-19-11-14(17)2/h3-7,9,11-12H,8,10H2,1-2H3. The number of aryl methyl sites for hydroxylation is 2. The number of hydrogen-bond donors (Lipinski definition) is 0. The van der Waals surface area contributed by atoms with Gasteiger partial charge in [-0.1, -0.05) is 17.7 Å². The van der Waals surface area contributed by atoms with Crippen molar-refractivity contribution < 1.29 is 12.6 Å². The molecule has 0 radical (unpaired) electrons. The highest BCUT2D eigenvalue weighted by molar-refractivity contribution is 7.86. The fourth-order valence-electron chi connectivity index (χ4n) is 2.29. The van der Waals surface area contributed by atoms with Gasteiger partial charge in [0.2, 0.25) is 0 Å². The molecule has 0 spiro atoms. The van der Waals surface area contributed by atoms with Crippen LogP contribution in [0.2, 0.25) is 0 Å². The first-order chi connectivity index (χ1) is 12.0. The number of benzene rings is 1. The second kappa shape index (κ2) is 7.43. The molecule has 2 aromatic heterocycles. The summed E-state index contributed by atoms with van der Waals surface area (Å²) in [6.45, 7) is 3.96. The van der Waals surface area contributed by atoms with Gasteiger partial charge in [-0.3, -0.25) is 9.17 Å². The van der Waals surface area contributed by atoms with Gasteiger partial charge in [-0.25, -0.2) is 4.98 Å². The highest BCUT2D eigenvalue weighted by Crippen LogP contribution is 2.26. The highest BCUT2D eigenvalue weighted by atomic mass is 32.2. The molecule has 0 fully saturated rings. The zero-order chi connectivity index (χ0) is 17.9. The fraction of sp³-hybridized carbons (Fsp3) is 0.222. The molecule has 130 valence electrons. The van der Waals surface area contributed by atoms with Crippen molar-refractivity contribution >= 4 is 21.5 Å². The second-order valence-electron chi connectivity index (χ2n) is 5.67. The first-order valence-electron chi connectivity index (χ1n) is 7.77. The van der Waals surface area contributed by atoms with Crippen LogP contribution >= 0.6 is 11.3 Å². The van der Waals surface area contributed by atoms with Gasteiger partial charge in [0.15, 0.2) is 0 Å². The summed E-state index contributed by atoms with van der Waals surface area (Å²) in [5.74, 6) is 0. The molecule has 0 aliphatic heterocycles. The molecule has 2 heterocycles. The predicted molar refractivity (Wildman–Crippen MR) is 98.1 cm³/mol. The van der Waals surface area contributed by atoms with E-state index in [2.05, 4.69) is 9.97 Å². The van der Waals surface area contributed by atoms with Crippen LogP contribution in [-0.4, -0.2) is 25.0 Å². The third kappa shape index (κ3) is 4.31. The van der Waals surface area contributed by atoms with Gasteiger partial charge in [0, 0.05) is 29.8 Å². The smallest absolute Gasteiger partial charge is 0.266 e. The molecule has 0 saturated heterocycles. The van der Waals surface area contributed by atoms with Crippen LogP contribution in [0.1, 0.15) is 16.8 Å². The van der Waals surface area contributed by atoms with Crippen LogP contribution in [0.15, 0.2) is 53.0 Å².